The highest BCUT2D eigenvalue weighted by atomic mass is 32.1. The molecule has 0 aliphatic rings. The van der Waals surface area contributed by atoms with Crippen molar-refractivity contribution < 1.29 is 13.2 Å². The molecule has 9 heteroatoms. The third kappa shape index (κ3) is 7.48. The molecule has 0 aromatic carbocycles. The fourth-order valence-electron chi connectivity index (χ4n) is 1.85. The molecule has 0 saturated carbocycles. The third-order valence-electron chi connectivity index (χ3n) is 3.58. The summed E-state index contributed by atoms with van der Waals surface area (Å²) in [6.45, 7) is 6.33. The van der Waals surface area contributed by atoms with Crippen LogP contribution in [0.3, 0.4) is 0 Å². The van der Waals surface area contributed by atoms with Crippen LogP contribution in [0.5, 0.6) is 0 Å². The van der Waals surface area contributed by atoms with Crippen molar-refractivity contribution >= 4 is 17.3 Å². The Morgan fingerprint density at radius 2 is 2.04 bits per heavy atom. The van der Waals surface area contributed by atoms with Crippen LogP contribution < -0.4 is 10.6 Å². The van der Waals surface area contributed by atoms with Crippen LogP contribution in [0.15, 0.2) is 10.4 Å². The molecule has 1 heterocycles. The largest absolute Gasteiger partial charge is 0.434 e. The molecular weight excluding hydrogens is 339 g/mol. The van der Waals surface area contributed by atoms with Crippen molar-refractivity contribution in [2.75, 3.05) is 27.2 Å². The number of unbranched alkanes of at least 4 members (excludes halogenated alkanes) is 1. The highest BCUT2D eigenvalue weighted by molar-refractivity contribution is 7.09. The van der Waals surface area contributed by atoms with Crippen LogP contribution in [0.2, 0.25) is 0 Å². The summed E-state index contributed by atoms with van der Waals surface area (Å²) in [6.07, 6.45) is -2.33. The van der Waals surface area contributed by atoms with E-state index in [9.17, 15) is 13.2 Å². The first-order valence-electron chi connectivity index (χ1n) is 7.90. The molecule has 0 amide bonds. The lowest BCUT2D eigenvalue weighted by Crippen LogP contribution is -2.37. The van der Waals surface area contributed by atoms with E-state index in [1.165, 1.54) is 0 Å². The quantitative estimate of drug-likeness (QED) is 0.423. The second kappa shape index (κ2) is 9.83. The van der Waals surface area contributed by atoms with E-state index in [1.54, 1.807) is 7.05 Å². The van der Waals surface area contributed by atoms with Gasteiger partial charge in [0.1, 0.15) is 5.01 Å². The summed E-state index contributed by atoms with van der Waals surface area (Å²) >= 11 is 0.985. The average molecular weight is 365 g/mol. The lowest BCUT2D eigenvalue weighted by molar-refractivity contribution is -0.140. The van der Waals surface area contributed by atoms with E-state index < -0.39 is 11.9 Å². The second-order valence-corrected chi connectivity index (χ2v) is 6.70. The lowest BCUT2D eigenvalue weighted by atomic mass is 10.2. The predicted octanol–water partition coefficient (Wildman–Crippen LogP) is 2.95. The van der Waals surface area contributed by atoms with Crippen molar-refractivity contribution in [2.24, 2.45) is 4.99 Å². The van der Waals surface area contributed by atoms with Crippen molar-refractivity contribution in [1.82, 2.24) is 20.5 Å². The van der Waals surface area contributed by atoms with E-state index in [0.29, 0.717) is 17.0 Å². The van der Waals surface area contributed by atoms with E-state index in [1.807, 2.05) is 0 Å². The van der Waals surface area contributed by atoms with Crippen molar-refractivity contribution in [3.05, 3.63) is 16.1 Å². The molecule has 0 aliphatic carbocycles. The summed E-state index contributed by atoms with van der Waals surface area (Å²) in [4.78, 5) is 9.92. The third-order valence-corrected chi connectivity index (χ3v) is 4.43. The highest BCUT2D eigenvalue weighted by Gasteiger charge is 2.33. The number of nitrogens with zero attached hydrogens (tertiary/aromatic N) is 3. The van der Waals surface area contributed by atoms with Crippen molar-refractivity contribution in [3.63, 3.8) is 0 Å². The minimum absolute atomic E-state index is 0.219. The Morgan fingerprint density at radius 3 is 2.58 bits per heavy atom. The number of aromatic nitrogens is 1. The highest BCUT2D eigenvalue weighted by Crippen LogP contribution is 2.29. The van der Waals surface area contributed by atoms with Crippen LogP contribution in [0, 0.1) is 0 Å². The molecule has 1 aromatic heterocycles. The van der Waals surface area contributed by atoms with E-state index in [2.05, 4.69) is 46.4 Å². The van der Waals surface area contributed by atoms with Crippen LogP contribution in [0.1, 0.15) is 37.4 Å². The van der Waals surface area contributed by atoms with Gasteiger partial charge in [0, 0.05) is 25.0 Å². The number of halogens is 3. The predicted molar refractivity (Wildman–Crippen MR) is 92.3 cm³/mol. The number of hydrogen-bond donors (Lipinski definition) is 2. The van der Waals surface area contributed by atoms with Crippen LogP contribution in [-0.2, 0) is 12.7 Å². The first-order chi connectivity index (χ1) is 11.2. The Hall–Kier alpha value is -1.35. The Kier molecular flexibility index (Phi) is 8.47. The van der Waals surface area contributed by atoms with Crippen molar-refractivity contribution in [1.29, 1.82) is 0 Å². The first kappa shape index (κ1) is 20.7. The minimum Gasteiger partial charge on any atom is -0.356 e. The summed E-state index contributed by atoms with van der Waals surface area (Å²) in [5.41, 5.74) is -0.846. The summed E-state index contributed by atoms with van der Waals surface area (Å²) in [7, 11) is 3.73. The summed E-state index contributed by atoms with van der Waals surface area (Å²) in [5, 5.41) is 7.54. The zero-order chi connectivity index (χ0) is 18.2. The zero-order valence-electron chi connectivity index (χ0n) is 14.6. The maximum absolute atomic E-state index is 12.5. The molecule has 0 atom stereocenters. The number of alkyl halides is 3. The van der Waals surface area contributed by atoms with Gasteiger partial charge in [-0.3, -0.25) is 4.99 Å². The van der Waals surface area contributed by atoms with Gasteiger partial charge in [-0.15, -0.1) is 11.3 Å². The Bertz CT molecular complexity index is 513. The molecule has 0 aliphatic heterocycles. The van der Waals surface area contributed by atoms with Gasteiger partial charge in [0.05, 0.1) is 6.54 Å². The number of guanidine groups is 1. The molecule has 0 radical (unpaired) electrons. The van der Waals surface area contributed by atoms with Gasteiger partial charge in [-0.25, -0.2) is 4.98 Å². The number of hydrogen-bond acceptors (Lipinski definition) is 4. The van der Waals surface area contributed by atoms with E-state index >= 15 is 0 Å². The summed E-state index contributed by atoms with van der Waals surface area (Å²) < 4.78 is 37.5. The maximum atomic E-state index is 12.5. The van der Waals surface area contributed by atoms with Gasteiger partial charge < -0.3 is 15.5 Å². The van der Waals surface area contributed by atoms with Crippen molar-refractivity contribution in [3.8, 4) is 0 Å². The van der Waals surface area contributed by atoms with Gasteiger partial charge in [0.2, 0.25) is 0 Å². The minimum atomic E-state index is -4.39. The SMILES string of the molecule is CN=C(NCCCCN(C)C(C)C)NCc1nc(C(F)(F)F)cs1. The van der Waals surface area contributed by atoms with E-state index in [0.717, 1.165) is 42.6 Å². The Balaban J connectivity index is 2.27. The van der Waals surface area contributed by atoms with Crippen LogP contribution >= 0.6 is 11.3 Å². The second-order valence-electron chi connectivity index (χ2n) is 5.76. The average Bonchev–Trinajstić information content (AvgIpc) is 2.98. The van der Waals surface area contributed by atoms with Crippen LogP contribution in [0.25, 0.3) is 0 Å². The normalized spacial score (nSPS) is 13.0. The van der Waals surface area contributed by atoms with Gasteiger partial charge in [-0.2, -0.15) is 13.2 Å². The molecule has 138 valence electrons. The standard InChI is InChI=1S/C15H26F3N5S/c1-11(2)23(4)8-6-5-7-20-14(19-3)21-9-13-22-12(10-24-13)15(16,17)18/h10-11H,5-9H2,1-4H3,(H2,19,20,21). The monoisotopic (exact) mass is 365 g/mol. The molecule has 1 rings (SSSR count). The molecule has 0 fully saturated rings. The van der Waals surface area contributed by atoms with Gasteiger partial charge in [-0.05, 0) is 40.3 Å². The molecule has 0 saturated heterocycles. The number of nitrogens with one attached hydrogen (secondary N) is 2. The molecule has 0 bridgehead atoms. The summed E-state index contributed by atoms with van der Waals surface area (Å²) in [6, 6.07) is 0.535. The van der Waals surface area contributed by atoms with Gasteiger partial charge >= 0.3 is 6.18 Å². The molecule has 2 N–H and O–H groups in total. The van der Waals surface area contributed by atoms with E-state index in [-0.39, 0.29) is 6.54 Å². The molecule has 1 aromatic rings. The zero-order valence-corrected chi connectivity index (χ0v) is 15.4. The van der Waals surface area contributed by atoms with Gasteiger partial charge in [0.15, 0.2) is 11.7 Å². The Labute approximate surface area is 145 Å². The molecular formula is C15H26F3N5S. The number of aliphatic imine (C=N–C) groups is 1. The van der Waals surface area contributed by atoms with Crippen LogP contribution in [0.4, 0.5) is 13.2 Å². The molecule has 24 heavy (non-hydrogen) atoms. The van der Waals surface area contributed by atoms with Gasteiger partial charge in [0.25, 0.3) is 0 Å². The van der Waals surface area contributed by atoms with Gasteiger partial charge in [-0.1, -0.05) is 0 Å². The molecule has 0 spiro atoms. The Morgan fingerprint density at radius 1 is 1.33 bits per heavy atom. The molecule has 0 unspecified atom stereocenters. The number of rotatable bonds is 8. The smallest absolute Gasteiger partial charge is 0.356 e. The maximum Gasteiger partial charge on any atom is 0.434 e. The summed E-state index contributed by atoms with van der Waals surface area (Å²) in [5.74, 6) is 0.566. The topological polar surface area (TPSA) is 52.6 Å². The first-order valence-corrected chi connectivity index (χ1v) is 8.78. The lowest BCUT2D eigenvalue weighted by Gasteiger charge is -2.20. The number of thiazole rings is 1. The fourth-order valence-corrected chi connectivity index (χ4v) is 2.59. The molecule has 5 nitrogen and oxygen atoms in total. The van der Waals surface area contributed by atoms with Crippen LogP contribution in [-0.4, -0.2) is 49.1 Å². The fraction of sp³-hybridized carbons (Fsp3) is 0.733. The van der Waals surface area contributed by atoms with Crippen molar-refractivity contribution in [2.45, 2.75) is 45.5 Å². The van der Waals surface area contributed by atoms with E-state index in [4.69, 9.17) is 0 Å².